The number of rotatable bonds is 5. The van der Waals surface area contributed by atoms with Gasteiger partial charge < -0.3 is 0 Å². The van der Waals surface area contributed by atoms with Crippen LogP contribution in [0.25, 0.3) is 67.5 Å². The van der Waals surface area contributed by atoms with E-state index in [-0.39, 0.29) is 5.41 Å². The predicted octanol–water partition coefficient (Wildman–Crippen LogP) is 13.2. The third kappa shape index (κ3) is 5.10. The molecular weight excluding hydrogens is 703 g/mol. The van der Waals surface area contributed by atoms with Crippen molar-refractivity contribution >= 4 is 0 Å². The van der Waals surface area contributed by atoms with E-state index in [1.165, 1.54) is 44.5 Å². The van der Waals surface area contributed by atoms with E-state index in [2.05, 4.69) is 196 Å². The fourth-order valence-electron chi connectivity index (χ4n) is 9.79. The molecule has 1 heterocycles. The SMILES string of the molecule is CC1(C)c2ccccc2C2(c3ccccc3-c3c(-c4nc(-c5ccccc5)nc(-c5cc(-c6ccccc6)cc(-c6ccccc6)c5)n4)cccc32)c2ccccc21. The summed E-state index contributed by atoms with van der Waals surface area (Å²) in [5, 5.41) is 0. The lowest BCUT2D eigenvalue weighted by Crippen LogP contribution is -2.40. The molecule has 0 amide bonds. The maximum absolute atomic E-state index is 5.44. The molecule has 58 heavy (non-hydrogen) atoms. The molecule has 0 saturated carbocycles. The first-order valence-corrected chi connectivity index (χ1v) is 20.0. The number of benzene rings is 8. The summed E-state index contributed by atoms with van der Waals surface area (Å²) in [5.41, 5.74) is 16.9. The first-order valence-electron chi connectivity index (χ1n) is 20.0. The van der Waals surface area contributed by atoms with Crippen molar-refractivity contribution in [3.63, 3.8) is 0 Å². The van der Waals surface area contributed by atoms with Crippen LogP contribution in [0.1, 0.15) is 47.2 Å². The summed E-state index contributed by atoms with van der Waals surface area (Å²) in [6.07, 6.45) is 0. The van der Waals surface area contributed by atoms with Crippen LogP contribution >= 0.6 is 0 Å². The van der Waals surface area contributed by atoms with Gasteiger partial charge in [-0.1, -0.05) is 196 Å². The topological polar surface area (TPSA) is 38.7 Å². The first kappa shape index (κ1) is 34.1. The number of nitrogens with zero attached hydrogens (tertiary/aromatic N) is 3. The van der Waals surface area contributed by atoms with E-state index >= 15 is 0 Å². The molecule has 0 aliphatic heterocycles. The van der Waals surface area contributed by atoms with Crippen molar-refractivity contribution in [3.8, 4) is 67.5 Å². The highest BCUT2D eigenvalue weighted by atomic mass is 15.0. The minimum Gasteiger partial charge on any atom is -0.208 e. The lowest BCUT2D eigenvalue weighted by molar-refractivity contribution is 0.563. The van der Waals surface area contributed by atoms with Crippen LogP contribution in [0.5, 0.6) is 0 Å². The number of hydrogen-bond acceptors (Lipinski definition) is 3. The molecule has 0 fully saturated rings. The van der Waals surface area contributed by atoms with Gasteiger partial charge in [0, 0.05) is 22.1 Å². The van der Waals surface area contributed by atoms with Crippen LogP contribution < -0.4 is 0 Å². The number of hydrogen-bond donors (Lipinski definition) is 0. The highest BCUT2D eigenvalue weighted by Gasteiger charge is 2.53. The molecule has 2 aliphatic carbocycles. The lowest BCUT2D eigenvalue weighted by Gasteiger charge is -2.46. The molecule has 1 aromatic heterocycles. The molecule has 3 heteroatoms. The minimum absolute atomic E-state index is 0.172. The van der Waals surface area contributed by atoms with Gasteiger partial charge >= 0.3 is 0 Å². The predicted molar refractivity (Wildman–Crippen MR) is 236 cm³/mol. The second-order valence-electron chi connectivity index (χ2n) is 15.9. The Balaban J connectivity index is 1.19. The van der Waals surface area contributed by atoms with Crippen LogP contribution in [0, 0.1) is 0 Å². The molecule has 0 radical (unpaired) electrons. The van der Waals surface area contributed by atoms with Gasteiger partial charge in [0.05, 0.1) is 5.41 Å². The van der Waals surface area contributed by atoms with Crippen molar-refractivity contribution in [1.29, 1.82) is 0 Å². The zero-order chi connectivity index (χ0) is 38.8. The molecule has 0 atom stereocenters. The summed E-state index contributed by atoms with van der Waals surface area (Å²) in [6.45, 7) is 4.73. The van der Waals surface area contributed by atoms with Gasteiger partial charge in [-0.2, -0.15) is 0 Å². The van der Waals surface area contributed by atoms with Crippen LogP contribution in [-0.2, 0) is 10.8 Å². The Morgan fingerprint density at radius 3 is 1.26 bits per heavy atom. The highest BCUT2D eigenvalue weighted by molar-refractivity contribution is 5.95. The van der Waals surface area contributed by atoms with Gasteiger partial charge in [-0.15, -0.1) is 0 Å². The van der Waals surface area contributed by atoms with Crippen LogP contribution in [-0.4, -0.2) is 15.0 Å². The van der Waals surface area contributed by atoms with Gasteiger partial charge in [0.1, 0.15) is 0 Å². The monoisotopic (exact) mass is 741 g/mol. The standard InChI is InChI=1S/C55H39N3/c1-54(2)45-28-14-16-30-47(45)55(48-31-17-15-29-46(48)54)44-27-13-12-25-42(44)50-43(26-18-32-49(50)55)53-57-51(38-23-10-5-11-24-38)56-52(58-53)41-34-39(36-19-6-3-7-20-36)33-40(35-41)37-21-8-4-9-22-37/h3-35H,1-2H3. The first-order chi connectivity index (χ1) is 28.5. The second kappa shape index (κ2) is 13.2. The van der Waals surface area contributed by atoms with Crippen molar-refractivity contribution in [2.45, 2.75) is 24.7 Å². The normalized spacial score (nSPS) is 14.0. The Hall–Kier alpha value is -7.23. The molecule has 9 aromatic rings. The fourth-order valence-corrected chi connectivity index (χ4v) is 9.79. The summed E-state index contributed by atoms with van der Waals surface area (Å²) in [7, 11) is 0. The molecule has 0 N–H and O–H groups in total. The number of aromatic nitrogens is 3. The van der Waals surface area contributed by atoms with Gasteiger partial charge in [0.25, 0.3) is 0 Å². The molecule has 274 valence electrons. The zero-order valence-corrected chi connectivity index (χ0v) is 32.4. The van der Waals surface area contributed by atoms with E-state index in [1.54, 1.807) is 0 Å². The average Bonchev–Trinajstić information content (AvgIpc) is 3.60. The molecule has 11 rings (SSSR count). The largest absolute Gasteiger partial charge is 0.208 e. The Morgan fingerprint density at radius 2 is 0.690 bits per heavy atom. The second-order valence-corrected chi connectivity index (χ2v) is 15.9. The van der Waals surface area contributed by atoms with Crippen LogP contribution in [0.2, 0.25) is 0 Å². The fraction of sp³-hybridized carbons (Fsp3) is 0.0727. The Labute approximate surface area is 339 Å². The summed E-state index contributed by atoms with van der Waals surface area (Å²) in [6, 6.07) is 71.9. The quantitative estimate of drug-likeness (QED) is 0.176. The smallest absolute Gasteiger partial charge is 0.164 e. The third-order valence-electron chi connectivity index (χ3n) is 12.4. The Morgan fingerprint density at radius 1 is 0.293 bits per heavy atom. The molecule has 2 aliphatic rings. The molecule has 0 saturated heterocycles. The molecule has 3 nitrogen and oxygen atoms in total. The van der Waals surface area contributed by atoms with Crippen LogP contribution in [0.4, 0.5) is 0 Å². The van der Waals surface area contributed by atoms with Crippen molar-refractivity contribution in [2.75, 3.05) is 0 Å². The molecule has 1 spiro atoms. The summed E-state index contributed by atoms with van der Waals surface area (Å²) in [5.74, 6) is 1.92. The lowest BCUT2D eigenvalue weighted by atomic mass is 9.55. The third-order valence-corrected chi connectivity index (χ3v) is 12.4. The number of fused-ring (bicyclic) bond motifs is 9. The van der Waals surface area contributed by atoms with Crippen molar-refractivity contribution in [3.05, 3.63) is 234 Å². The summed E-state index contributed by atoms with van der Waals surface area (Å²) >= 11 is 0. The maximum atomic E-state index is 5.44. The van der Waals surface area contributed by atoms with Crippen molar-refractivity contribution in [2.24, 2.45) is 0 Å². The minimum atomic E-state index is -0.517. The zero-order valence-electron chi connectivity index (χ0n) is 32.4. The molecule has 0 bridgehead atoms. The molecular formula is C55H39N3. The molecule has 8 aromatic carbocycles. The van der Waals surface area contributed by atoms with Gasteiger partial charge in [0.2, 0.25) is 0 Å². The van der Waals surface area contributed by atoms with Crippen molar-refractivity contribution in [1.82, 2.24) is 15.0 Å². The van der Waals surface area contributed by atoms with Crippen LogP contribution in [0.3, 0.4) is 0 Å². The van der Waals surface area contributed by atoms with E-state index < -0.39 is 5.41 Å². The maximum Gasteiger partial charge on any atom is 0.164 e. The van der Waals surface area contributed by atoms with Gasteiger partial charge in [-0.25, -0.2) is 15.0 Å². The van der Waals surface area contributed by atoms with E-state index in [0.29, 0.717) is 17.5 Å². The van der Waals surface area contributed by atoms with E-state index in [9.17, 15) is 0 Å². The Kier molecular flexibility index (Phi) is 7.74. The van der Waals surface area contributed by atoms with Gasteiger partial charge in [-0.05, 0) is 85.0 Å². The highest BCUT2D eigenvalue weighted by Crippen LogP contribution is 2.63. The Bertz CT molecular complexity index is 2910. The van der Waals surface area contributed by atoms with E-state index in [4.69, 9.17) is 15.0 Å². The van der Waals surface area contributed by atoms with E-state index in [0.717, 1.165) is 38.9 Å². The van der Waals surface area contributed by atoms with Gasteiger partial charge in [-0.3, -0.25) is 0 Å². The summed E-state index contributed by atoms with van der Waals surface area (Å²) < 4.78 is 0. The van der Waals surface area contributed by atoms with Gasteiger partial charge in [0.15, 0.2) is 17.5 Å². The van der Waals surface area contributed by atoms with E-state index in [1.807, 2.05) is 18.2 Å². The van der Waals surface area contributed by atoms with Crippen molar-refractivity contribution < 1.29 is 0 Å². The summed E-state index contributed by atoms with van der Waals surface area (Å²) in [4.78, 5) is 16.0. The average molecular weight is 742 g/mol. The van der Waals surface area contributed by atoms with Crippen LogP contribution in [0.15, 0.2) is 200 Å². The molecule has 0 unspecified atom stereocenters.